The lowest BCUT2D eigenvalue weighted by atomic mass is 10.2. The van der Waals surface area contributed by atoms with Gasteiger partial charge in [-0.2, -0.15) is 34.8 Å². The number of quaternary nitrogens is 1. The maximum atomic E-state index is 14.1. The Morgan fingerprint density at radius 3 is 1.92 bits per heavy atom. The average Bonchev–Trinajstić information content (AvgIpc) is 2.21. The minimum Gasteiger partial charge on any atom is -0.386 e. The van der Waals surface area contributed by atoms with Gasteiger partial charge in [0.15, 0.2) is 0 Å². The molecule has 6 nitrogen and oxygen atoms in total. The van der Waals surface area contributed by atoms with Crippen LogP contribution in [0.2, 0.25) is 0 Å². The number of aliphatic hydroxyl groups excluding tert-OH is 1. The zero-order valence-corrected chi connectivity index (χ0v) is 14.2. The number of hydrogen-bond acceptors (Lipinski definition) is 5. The van der Waals surface area contributed by atoms with Crippen molar-refractivity contribution in [1.82, 2.24) is 0 Å². The van der Waals surface area contributed by atoms with Gasteiger partial charge in [-0.05, 0) is 0 Å². The largest absolute Gasteiger partial charge is 0.454 e. The predicted molar refractivity (Wildman–Crippen MR) is 70.2 cm³/mol. The molecular weight excluding hydrogens is 372 g/mol. The van der Waals surface area contributed by atoms with Crippen molar-refractivity contribution in [2.45, 2.75) is 31.2 Å². The number of likely N-dealkylation sites (N-methyl/N-ethyl adjacent to an activating group) is 1. The van der Waals surface area contributed by atoms with Gasteiger partial charge in [0.05, 0.1) is 21.2 Å². The van der Waals surface area contributed by atoms with Crippen molar-refractivity contribution in [3.8, 4) is 0 Å². The molecule has 0 heterocycles. The van der Waals surface area contributed by atoms with Crippen LogP contribution in [0.25, 0.3) is 0 Å². The fourth-order valence-electron chi connectivity index (χ4n) is 2.01. The van der Waals surface area contributed by atoms with Crippen molar-refractivity contribution in [1.29, 1.82) is 0 Å². The highest BCUT2D eigenvalue weighted by Gasteiger charge is 2.64. The van der Waals surface area contributed by atoms with Gasteiger partial charge in [0.25, 0.3) is 10.1 Å². The standard InChI is InChI=1S/C11H20F6NO5S/c1-9(12,13)23-10(14,11(15,16)17)7-18(2,3)5-8(19)6-24(20,21)22-4/h8,19H,5-7H2,1-4H3/q+1. The molecular formula is C11H20F6NO5S+. The molecule has 2 atom stereocenters. The second-order valence-electron chi connectivity index (χ2n) is 5.96. The van der Waals surface area contributed by atoms with Crippen molar-refractivity contribution in [3.63, 3.8) is 0 Å². The number of rotatable bonds is 9. The number of nitrogens with zero attached hydrogens (tertiary/aromatic N) is 1. The molecule has 0 aromatic carbocycles. The van der Waals surface area contributed by atoms with Gasteiger partial charge in [-0.25, -0.2) is 0 Å². The van der Waals surface area contributed by atoms with Crippen LogP contribution in [0.3, 0.4) is 0 Å². The van der Waals surface area contributed by atoms with E-state index in [1.807, 2.05) is 0 Å². The van der Waals surface area contributed by atoms with Gasteiger partial charge >= 0.3 is 18.1 Å². The topological polar surface area (TPSA) is 72.8 Å². The van der Waals surface area contributed by atoms with Crippen LogP contribution < -0.4 is 0 Å². The molecule has 0 radical (unpaired) electrons. The molecule has 0 aromatic rings. The normalized spacial score (nSPS) is 18.3. The van der Waals surface area contributed by atoms with Crippen LogP contribution in [0.15, 0.2) is 0 Å². The SMILES string of the molecule is COS(=O)(=O)CC(O)C[N+](C)(C)CC(F)(OC(C)(F)F)C(F)(F)F. The van der Waals surface area contributed by atoms with Crippen molar-refractivity contribution in [3.05, 3.63) is 0 Å². The Kier molecular flexibility index (Phi) is 7.12. The maximum absolute atomic E-state index is 14.1. The summed E-state index contributed by atoms with van der Waals surface area (Å²) in [5, 5.41) is 9.62. The average molecular weight is 392 g/mol. The summed E-state index contributed by atoms with van der Waals surface area (Å²) in [6, 6.07) is 0. The third kappa shape index (κ3) is 7.96. The second-order valence-corrected chi connectivity index (χ2v) is 7.74. The lowest BCUT2D eigenvalue weighted by Gasteiger charge is -2.38. The molecule has 0 aliphatic carbocycles. The van der Waals surface area contributed by atoms with E-state index in [-0.39, 0.29) is 6.92 Å². The monoisotopic (exact) mass is 392 g/mol. The Balaban J connectivity index is 5.26. The Hall–Kier alpha value is -0.630. The molecule has 0 aliphatic rings. The molecule has 0 saturated heterocycles. The van der Waals surface area contributed by atoms with Crippen LogP contribution in [-0.2, 0) is 19.0 Å². The van der Waals surface area contributed by atoms with Crippen LogP contribution >= 0.6 is 0 Å². The summed E-state index contributed by atoms with van der Waals surface area (Å²) < 4.78 is 107. The third-order valence-electron chi connectivity index (χ3n) is 2.75. The molecule has 0 aromatic heterocycles. The molecule has 13 heteroatoms. The summed E-state index contributed by atoms with van der Waals surface area (Å²) in [6.07, 6.45) is -11.9. The van der Waals surface area contributed by atoms with E-state index in [1.165, 1.54) is 0 Å². The Labute approximate surface area is 135 Å². The fraction of sp³-hybridized carbons (Fsp3) is 1.00. The lowest BCUT2D eigenvalue weighted by molar-refractivity contribution is -0.904. The second kappa shape index (κ2) is 7.32. The van der Waals surface area contributed by atoms with E-state index in [0.29, 0.717) is 0 Å². The Morgan fingerprint density at radius 2 is 1.58 bits per heavy atom. The highest BCUT2D eigenvalue weighted by molar-refractivity contribution is 7.86. The number of hydrogen-bond donors (Lipinski definition) is 1. The first-order chi connectivity index (χ1) is 10.3. The molecule has 24 heavy (non-hydrogen) atoms. The summed E-state index contributed by atoms with van der Waals surface area (Å²) in [5.74, 6) is -5.66. The van der Waals surface area contributed by atoms with Crippen LogP contribution in [-0.4, -0.2) is 82.3 Å². The van der Waals surface area contributed by atoms with Gasteiger partial charge in [0, 0.05) is 6.92 Å². The molecule has 0 saturated carbocycles. The molecule has 0 rings (SSSR count). The minimum absolute atomic E-state index is 0.0485. The van der Waals surface area contributed by atoms with E-state index in [4.69, 9.17) is 0 Å². The van der Waals surface area contributed by atoms with Gasteiger partial charge in [-0.1, -0.05) is 0 Å². The molecule has 0 amide bonds. The van der Waals surface area contributed by atoms with E-state index in [9.17, 15) is 39.9 Å². The molecule has 146 valence electrons. The van der Waals surface area contributed by atoms with E-state index >= 15 is 0 Å². The number of halogens is 6. The molecule has 0 bridgehead atoms. The van der Waals surface area contributed by atoms with Gasteiger partial charge in [0.2, 0.25) is 0 Å². The highest BCUT2D eigenvalue weighted by Crippen LogP contribution is 2.40. The van der Waals surface area contributed by atoms with Crippen molar-refractivity contribution >= 4 is 10.1 Å². The zero-order chi connectivity index (χ0) is 19.6. The summed E-state index contributed by atoms with van der Waals surface area (Å²) in [7, 11) is -1.33. The lowest BCUT2D eigenvalue weighted by Crippen LogP contribution is -2.61. The number of ether oxygens (including phenoxy) is 1. The molecule has 0 fully saturated rings. The van der Waals surface area contributed by atoms with E-state index in [1.54, 1.807) is 0 Å². The minimum atomic E-state index is -5.77. The fourth-order valence-corrected chi connectivity index (χ4v) is 2.72. The van der Waals surface area contributed by atoms with Gasteiger partial charge in [-0.3, -0.25) is 8.92 Å². The quantitative estimate of drug-likeness (QED) is 0.363. The smallest absolute Gasteiger partial charge is 0.386 e. The summed E-state index contributed by atoms with van der Waals surface area (Å²) in [6.45, 7) is -2.37. The van der Waals surface area contributed by atoms with Crippen LogP contribution in [0.5, 0.6) is 0 Å². The zero-order valence-electron chi connectivity index (χ0n) is 13.4. The molecule has 1 N–H and O–H groups in total. The van der Waals surface area contributed by atoms with Crippen LogP contribution in [0, 0.1) is 0 Å². The Bertz CT molecular complexity index is 518. The summed E-state index contributed by atoms with van der Waals surface area (Å²) in [4.78, 5) is 0. The van der Waals surface area contributed by atoms with Gasteiger partial charge < -0.3 is 9.59 Å². The van der Waals surface area contributed by atoms with E-state index in [2.05, 4.69) is 8.92 Å². The van der Waals surface area contributed by atoms with Crippen LogP contribution in [0.4, 0.5) is 26.3 Å². The molecule has 0 spiro atoms. The number of aliphatic hydroxyl groups is 1. The molecule has 2 unspecified atom stereocenters. The number of alkyl halides is 6. The van der Waals surface area contributed by atoms with Crippen molar-refractivity contribution < 1.29 is 53.3 Å². The van der Waals surface area contributed by atoms with Crippen molar-refractivity contribution in [2.75, 3.05) is 40.0 Å². The first-order valence-electron chi connectivity index (χ1n) is 6.44. The Morgan fingerprint density at radius 1 is 1.12 bits per heavy atom. The van der Waals surface area contributed by atoms with E-state index in [0.717, 1.165) is 21.2 Å². The van der Waals surface area contributed by atoms with E-state index < -0.39 is 57.7 Å². The first-order valence-corrected chi connectivity index (χ1v) is 8.02. The van der Waals surface area contributed by atoms with Crippen LogP contribution in [0.1, 0.15) is 6.92 Å². The predicted octanol–water partition coefficient (Wildman–Crippen LogP) is 1.26. The van der Waals surface area contributed by atoms with Crippen molar-refractivity contribution in [2.24, 2.45) is 0 Å². The maximum Gasteiger partial charge on any atom is 0.454 e. The highest BCUT2D eigenvalue weighted by atomic mass is 32.2. The van der Waals surface area contributed by atoms with Gasteiger partial charge in [-0.15, -0.1) is 0 Å². The van der Waals surface area contributed by atoms with Gasteiger partial charge in [0.1, 0.15) is 24.9 Å². The summed E-state index contributed by atoms with van der Waals surface area (Å²) in [5.41, 5.74) is 0. The first kappa shape index (κ1) is 23.4. The summed E-state index contributed by atoms with van der Waals surface area (Å²) >= 11 is 0. The molecule has 0 aliphatic heterocycles. The third-order valence-corrected chi connectivity index (χ3v) is 4.05.